The van der Waals surface area contributed by atoms with Gasteiger partial charge in [-0.15, -0.1) is 23.1 Å². The van der Waals surface area contributed by atoms with Crippen LogP contribution in [0.1, 0.15) is 60.7 Å². The number of nitriles is 1. The molecule has 0 aromatic carbocycles. The van der Waals surface area contributed by atoms with Crippen molar-refractivity contribution in [2.75, 3.05) is 61.1 Å². The lowest BCUT2D eigenvalue weighted by Crippen LogP contribution is -2.57. The maximum atomic E-state index is 16.0. The average molecular weight is 642 g/mol. The Morgan fingerprint density at radius 3 is 2.80 bits per heavy atom. The van der Waals surface area contributed by atoms with Gasteiger partial charge in [0.2, 0.25) is 5.82 Å². The van der Waals surface area contributed by atoms with Crippen LogP contribution in [-0.2, 0) is 10.5 Å². The number of halogens is 2. The number of nitrogen functional groups attached to an aromatic ring is 2. The molecule has 1 spiro atoms. The summed E-state index contributed by atoms with van der Waals surface area (Å²) in [4.78, 5) is 20.0. The zero-order chi connectivity index (χ0) is 31.2. The summed E-state index contributed by atoms with van der Waals surface area (Å²) in [6.45, 7) is 7.23. The Morgan fingerprint density at radius 2 is 2.11 bits per heavy atom. The third-order valence-corrected chi connectivity index (χ3v) is 11.7. The van der Waals surface area contributed by atoms with Crippen molar-refractivity contribution in [2.24, 2.45) is 0 Å². The van der Waals surface area contributed by atoms with Gasteiger partial charge in [-0.05, 0) is 45.7 Å². The van der Waals surface area contributed by atoms with Gasteiger partial charge in [-0.25, -0.2) is 9.37 Å². The number of aromatic nitrogens is 3. The molecule has 7 heterocycles. The second-order valence-corrected chi connectivity index (χ2v) is 14.1. The smallest absolute Gasteiger partial charge is 0.320 e. The van der Waals surface area contributed by atoms with Crippen molar-refractivity contribution in [3.63, 3.8) is 0 Å². The molecule has 44 heavy (non-hydrogen) atoms. The van der Waals surface area contributed by atoms with E-state index in [0.29, 0.717) is 48.6 Å². The number of nitrogens with two attached hydrogens (primary N) is 2. The van der Waals surface area contributed by atoms with E-state index in [9.17, 15) is 9.65 Å². The summed E-state index contributed by atoms with van der Waals surface area (Å²) in [5.41, 5.74) is 14.5. The summed E-state index contributed by atoms with van der Waals surface area (Å²) in [6.07, 6.45) is 4.44. The predicted octanol–water partition coefficient (Wildman–Crippen LogP) is 4.86. The molecule has 4 aliphatic rings. The number of hydrogen-bond acceptors (Lipinski definition) is 12. The van der Waals surface area contributed by atoms with Crippen LogP contribution in [0.5, 0.6) is 6.01 Å². The van der Waals surface area contributed by atoms with Crippen molar-refractivity contribution in [2.45, 2.75) is 61.9 Å². The number of hydrogen-bond donors (Lipinski definition) is 2. The standard InChI is InChI=1S/C23H25FN8OS2.C7H12FN/c1-4-32(12(2)13-6-5-7-28-18(13)26)21-17(24)20(29-22(30-21)33-3)31-10-23(11-31)16-14(8-25)19(27)35-15(16)9-34-23;8-6-4-7-2-1-3-9(7)5-6/h5-7,12H,4,9-11,27H2,1-3H3,(H2,26,28);6-7H,1-5H2. The lowest BCUT2D eigenvalue weighted by molar-refractivity contribution is 0.292. The molecule has 234 valence electrons. The first-order valence-electron chi connectivity index (χ1n) is 14.9. The number of thiophene rings is 1. The molecule has 7 rings (SSSR count). The molecule has 3 saturated heterocycles. The van der Waals surface area contributed by atoms with Crippen LogP contribution in [0, 0.1) is 17.1 Å². The van der Waals surface area contributed by atoms with Crippen LogP contribution in [0.2, 0.25) is 0 Å². The maximum absolute atomic E-state index is 16.0. The van der Waals surface area contributed by atoms with Gasteiger partial charge in [0.25, 0.3) is 0 Å². The summed E-state index contributed by atoms with van der Waals surface area (Å²) in [5, 5.41) is 10.2. The quantitative estimate of drug-likeness (QED) is 0.382. The lowest BCUT2D eigenvalue weighted by Gasteiger charge is -2.48. The molecule has 0 amide bonds. The van der Waals surface area contributed by atoms with E-state index in [0.717, 1.165) is 34.7 Å². The predicted molar refractivity (Wildman–Crippen MR) is 171 cm³/mol. The van der Waals surface area contributed by atoms with Crippen LogP contribution in [0.25, 0.3) is 0 Å². The van der Waals surface area contributed by atoms with E-state index in [1.165, 1.54) is 31.3 Å². The van der Waals surface area contributed by atoms with Crippen LogP contribution in [-0.4, -0.2) is 71.9 Å². The van der Waals surface area contributed by atoms with Crippen LogP contribution < -0.4 is 26.0 Å². The second-order valence-electron chi connectivity index (χ2n) is 11.6. The topological polar surface area (TPSA) is 133 Å². The third kappa shape index (κ3) is 5.28. The van der Waals surface area contributed by atoms with Gasteiger partial charge in [0, 0.05) is 60.2 Å². The highest BCUT2D eigenvalue weighted by Crippen LogP contribution is 2.58. The Morgan fingerprint density at radius 1 is 1.32 bits per heavy atom. The fourth-order valence-electron chi connectivity index (χ4n) is 6.92. The monoisotopic (exact) mass is 641 g/mol. The Bertz CT molecular complexity index is 1560. The molecule has 3 unspecified atom stereocenters. The molecule has 4 aliphatic heterocycles. The van der Waals surface area contributed by atoms with Gasteiger partial charge in [0.1, 0.15) is 23.1 Å². The summed E-state index contributed by atoms with van der Waals surface area (Å²) >= 11 is 3.24. The number of nitrogens with zero attached hydrogens (tertiary/aromatic N) is 7. The lowest BCUT2D eigenvalue weighted by atomic mass is 9.88. The number of rotatable bonds is 6. The van der Waals surface area contributed by atoms with E-state index in [1.54, 1.807) is 24.0 Å². The van der Waals surface area contributed by atoms with Crippen molar-refractivity contribution < 1.29 is 13.5 Å². The van der Waals surface area contributed by atoms with Crippen molar-refractivity contribution in [1.29, 1.82) is 5.26 Å². The van der Waals surface area contributed by atoms with Gasteiger partial charge in [-0.2, -0.15) is 19.6 Å². The largest absolute Gasteiger partial charge is 0.467 e. The van der Waals surface area contributed by atoms with E-state index >= 15 is 4.39 Å². The summed E-state index contributed by atoms with van der Waals surface area (Å²) in [5.74, 6) is 0.989. The zero-order valence-electron chi connectivity index (χ0n) is 25.1. The molecule has 0 bridgehead atoms. The van der Waals surface area contributed by atoms with E-state index in [-0.39, 0.29) is 28.4 Å². The molecule has 3 fully saturated rings. The first kappa shape index (κ1) is 30.6. The fourth-order valence-corrected chi connectivity index (χ4v) is 9.72. The first-order valence-corrected chi connectivity index (χ1v) is 16.7. The van der Waals surface area contributed by atoms with Gasteiger partial charge in [0.15, 0.2) is 11.6 Å². The van der Waals surface area contributed by atoms with Gasteiger partial charge in [-0.3, -0.25) is 4.90 Å². The SMILES string of the molecule is CCN(c1nc(OC)nc(N2CC3(C2)SCc2sc(N)c(C#N)c23)c1F)C(C)c1cccnc1N.FC1CC2CCCN2C1. The number of methoxy groups -OCH3 is 1. The molecule has 3 atom stereocenters. The Labute approximate surface area is 264 Å². The number of fused-ring (bicyclic) bond motifs is 3. The molecule has 4 N–H and O–H groups in total. The molecule has 10 nitrogen and oxygen atoms in total. The number of anilines is 4. The minimum absolute atomic E-state index is 0.0828. The van der Waals surface area contributed by atoms with Gasteiger partial charge in [-0.1, -0.05) is 6.07 Å². The van der Waals surface area contributed by atoms with Crippen molar-refractivity contribution >= 4 is 45.6 Å². The molecule has 14 heteroatoms. The maximum Gasteiger partial charge on any atom is 0.320 e. The van der Waals surface area contributed by atoms with Crippen molar-refractivity contribution in [1.82, 2.24) is 19.9 Å². The summed E-state index contributed by atoms with van der Waals surface area (Å²) < 4.78 is 33.7. The molecular formula is C30H37F2N9OS2. The minimum Gasteiger partial charge on any atom is -0.467 e. The van der Waals surface area contributed by atoms with Gasteiger partial charge in [0.05, 0.1) is 23.5 Å². The third-order valence-electron chi connectivity index (χ3n) is 9.09. The molecule has 3 aromatic heterocycles. The molecule has 0 aliphatic carbocycles. The highest BCUT2D eigenvalue weighted by molar-refractivity contribution is 8.00. The van der Waals surface area contributed by atoms with E-state index in [2.05, 4.69) is 25.9 Å². The zero-order valence-corrected chi connectivity index (χ0v) is 26.7. The van der Waals surface area contributed by atoms with Crippen molar-refractivity contribution in [3.05, 3.63) is 45.7 Å². The van der Waals surface area contributed by atoms with Gasteiger partial charge < -0.3 is 26.0 Å². The van der Waals surface area contributed by atoms with Gasteiger partial charge >= 0.3 is 6.01 Å². The Kier molecular flexibility index (Phi) is 8.47. The summed E-state index contributed by atoms with van der Waals surface area (Å²) in [7, 11) is 1.46. The van der Waals surface area contributed by atoms with E-state index in [4.69, 9.17) is 16.2 Å². The van der Waals surface area contributed by atoms with Crippen LogP contribution >= 0.6 is 23.1 Å². The van der Waals surface area contributed by atoms with Crippen LogP contribution in [0.15, 0.2) is 18.3 Å². The minimum atomic E-state index is -0.523. The van der Waals surface area contributed by atoms with Crippen LogP contribution in [0.3, 0.4) is 0 Å². The highest BCUT2D eigenvalue weighted by atomic mass is 32.2. The Hall–Kier alpha value is -3.41. The highest BCUT2D eigenvalue weighted by Gasteiger charge is 2.53. The van der Waals surface area contributed by atoms with E-state index in [1.807, 2.05) is 29.7 Å². The summed E-state index contributed by atoms with van der Waals surface area (Å²) in [6, 6.07) is 6.35. The molecule has 0 radical (unpaired) electrons. The number of pyridine rings is 1. The molecule has 3 aromatic rings. The average Bonchev–Trinajstić information content (AvgIpc) is 3.74. The second kappa shape index (κ2) is 12.2. The normalized spacial score (nSPS) is 22.0. The number of thioether (sulfide) groups is 1. The molecule has 0 saturated carbocycles. The number of ether oxygens (including phenoxy) is 1. The fraction of sp³-hybridized carbons (Fsp3) is 0.533. The molecular weight excluding hydrogens is 605 g/mol. The number of alkyl halides is 1. The van der Waals surface area contributed by atoms with Crippen molar-refractivity contribution in [3.8, 4) is 12.1 Å². The van der Waals surface area contributed by atoms with E-state index < -0.39 is 12.0 Å². The van der Waals surface area contributed by atoms with Crippen LogP contribution in [0.4, 0.5) is 31.2 Å². The first-order chi connectivity index (χ1) is 21.2. The Balaban J connectivity index is 0.000000323.